The third kappa shape index (κ3) is 2.67. The SMILES string of the molecule is CC(C)[C@@H]1CC[C@]2(C(=O)O)CC[C@]3(C)[C@H](CC[C@@H]4[C@@]5(C)C=C(O)C(=O)C(C)(C)[C@@H]5CC[C@]43C)[C@@H]12. The van der Waals surface area contributed by atoms with Crippen molar-refractivity contribution in [3.8, 4) is 0 Å². The first kappa shape index (κ1) is 24.4. The largest absolute Gasteiger partial charge is 0.505 e. The molecule has 0 spiro atoms. The maximum Gasteiger partial charge on any atom is 0.309 e. The van der Waals surface area contributed by atoms with Crippen molar-refractivity contribution in [1.29, 1.82) is 0 Å². The summed E-state index contributed by atoms with van der Waals surface area (Å²) in [7, 11) is 0. The monoisotopic (exact) mass is 470 g/mol. The fourth-order valence-corrected chi connectivity index (χ4v) is 11.2. The lowest BCUT2D eigenvalue weighted by atomic mass is 9.33. The molecule has 0 aromatic carbocycles. The predicted molar refractivity (Wildman–Crippen MR) is 133 cm³/mol. The Morgan fingerprint density at radius 1 is 0.912 bits per heavy atom. The number of ketones is 1. The molecule has 5 aliphatic carbocycles. The summed E-state index contributed by atoms with van der Waals surface area (Å²) in [6, 6.07) is 0. The van der Waals surface area contributed by atoms with Crippen LogP contribution in [0.1, 0.15) is 99.8 Å². The van der Waals surface area contributed by atoms with Crippen molar-refractivity contribution in [2.24, 2.45) is 62.6 Å². The van der Waals surface area contributed by atoms with Crippen LogP contribution in [0.5, 0.6) is 0 Å². The third-order valence-electron chi connectivity index (χ3n) is 13.1. The lowest BCUT2D eigenvalue weighted by Crippen LogP contribution is -2.66. The number of aliphatic carboxylic acids is 1. The van der Waals surface area contributed by atoms with Gasteiger partial charge in [-0.15, -0.1) is 0 Å². The molecule has 4 heteroatoms. The molecule has 190 valence electrons. The fraction of sp³-hybridized carbons (Fsp3) is 0.867. The Hall–Kier alpha value is -1.32. The van der Waals surface area contributed by atoms with Gasteiger partial charge in [0.1, 0.15) is 0 Å². The molecule has 0 aromatic heterocycles. The maximum atomic E-state index is 12.9. The van der Waals surface area contributed by atoms with Crippen LogP contribution < -0.4 is 0 Å². The molecule has 4 nitrogen and oxygen atoms in total. The van der Waals surface area contributed by atoms with Crippen LogP contribution >= 0.6 is 0 Å². The molecular weight excluding hydrogens is 424 g/mol. The number of carboxylic acids is 1. The van der Waals surface area contributed by atoms with Crippen molar-refractivity contribution in [3.05, 3.63) is 11.8 Å². The number of carbonyl (C=O) groups is 2. The zero-order chi connectivity index (χ0) is 25.1. The van der Waals surface area contributed by atoms with Gasteiger partial charge in [0.25, 0.3) is 0 Å². The van der Waals surface area contributed by atoms with Crippen molar-refractivity contribution in [1.82, 2.24) is 0 Å². The molecule has 0 amide bonds. The molecule has 34 heavy (non-hydrogen) atoms. The second-order valence-electron chi connectivity index (χ2n) is 14.5. The van der Waals surface area contributed by atoms with E-state index in [2.05, 4.69) is 34.6 Å². The molecule has 4 saturated carbocycles. The lowest BCUT2D eigenvalue weighted by molar-refractivity contribution is -0.224. The number of hydrogen-bond acceptors (Lipinski definition) is 3. The van der Waals surface area contributed by atoms with E-state index >= 15 is 0 Å². The van der Waals surface area contributed by atoms with Gasteiger partial charge in [0.15, 0.2) is 5.76 Å². The molecule has 0 aromatic rings. The molecule has 0 heterocycles. The average Bonchev–Trinajstić information content (AvgIpc) is 3.14. The number of carboxylic acid groups (broad SMARTS) is 1. The Kier molecular flexibility index (Phi) is 5.11. The molecular formula is C30H46O4. The lowest BCUT2D eigenvalue weighted by Gasteiger charge is -2.71. The highest BCUT2D eigenvalue weighted by Crippen LogP contribution is 2.77. The highest BCUT2D eigenvalue weighted by molar-refractivity contribution is 5.98. The smallest absolute Gasteiger partial charge is 0.309 e. The van der Waals surface area contributed by atoms with E-state index in [1.165, 1.54) is 0 Å². The van der Waals surface area contributed by atoms with Gasteiger partial charge < -0.3 is 10.2 Å². The molecule has 2 N–H and O–H groups in total. The third-order valence-corrected chi connectivity index (χ3v) is 13.1. The molecule has 5 aliphatic rings. The Labute approximate surface area is 206 Å². The molecule has 0 bridgehead atoms. The van der Waals surface area contributed by atoms with Crippen LogP contribution in [0.2, 0.25) is 0 Å². The van der Waals surface area contributed by atoms with E-state index in [9.17, 15) is 19.8 Å². The van der Waals surface area contributed by atoms with Gasteiger partial charge >= 0.3 is 5.97 Å². The topological polar surface area (TPSA) is 74.6 Å². The van der Waals surface area contributed by atoms with Crippen molar-refractivity contribution in [2.75, 3.05) is 0 Å². The minimum atomic E-state index is -0.550. The first-order valence-electron chi connectivity index (χ1n) is 13.9. The normalized spacial score (nSPS) is 51.7. The second kappa shape index (κ2) is 7.13. The van der Waals surface area contributed by atoms with Gasteiger partial charge in [0.05, 0.1) is 5.41 Å². The predicted octanol–water partition coefficient (Wildman–Crippen LogP) is 7.04. The van der Waals surface area contributed by atoms with E-state index in [1.54, 1.807) is 0 Å². The van der Waals surface area contributed by atoms with Crippen LogP contribution in [-0.2, 0) is 9.59 Å². The number of aliphatic hydroxyl groups is 1. The summed E-state index contributed by atoms with van der Waals surface area (Å²) >= 11 is 0. The van der Waals surface area contributed by atoms with Crippen LogP contribution in [0.3, 0.4) is 0 Å². The molecule has 0 radical (unpaired) electrons. The standard InChI is InChI=1S/C30H46O4/c1-17(2)18-10-13-30(25(33)34)15-14-28(6)19(23(18)30)8-9-22-27(5)16-20(31)24(32)26(3,4)21(27)11-12-29(22,28)7/h16-19,21-23,31H,8-15H2,1-7H3,(H,33,34)/t18-,19+,21-,22+,23+,27-,28+,29+,30-/m0/s1. The van der Waals surface area contributed by atoms with Gasteiger partial charge in [-0.25, -0.2) is 0 Å². The Morgan fingerprint density at radius 3 is 2.21 bits per heavy atom. The maximum absolute atomic E-state index is 12.9. The van der Waals surface area contributed by atoms with Gasteiger partial charge in [0, 0.05) is 5.41 Å². The Balaban J connectivity index is 1.60. The number of fused-ring (bicyclic) bond motifs is 7. The number of carbonyl (C=O) groups excluding carboxylic acids is 1. The molecule has 0 unspecified atom stereocenters. The summed E-state index contributed by atoms with van der Waals surface area (Å²) in [5.74, 6) is 1.64. The molecule has 9 atom stereocenters. The summed E-state index contributed by atoms with van der Waals surface area (Å²) in [5, 5.41) is 21.3. The number of rotatable bonds is 2. The highest BCUT2D eigenvalue weighted by Gasteiger charge is 2.72. The molecule has 5 rings (SSSR count). The zero-order valence-corrected chi connectivity index (χ0v) is 22.4. The first-order chi connectivity index (χ1) is 15.7. The summed E-state index contributed by atoms with van der Waals surface area (Å²) in [6.45, 7) is 16.0. The van der Waals surface area contributed by atoms with Crippen LogP contribution in [-0.4, -0.2) is 22.0 Å². The van der Waals surface area contributed by atoms with E-state index in [-0.39, 0.29) is 39.6 Å². The van der Waals surface area contributed by atoms with E-state index < -0.39 is 16.8 Å². The van der Waals surface area contributed by atoms with Crippen LogP contribution in [0.4, 0.5) is 0 Å². The molecule has 0 aliphatic heterocycles. The van der Waals surface area contributed by atoms with Gasteiger partial charge in [-0.3, -0.25) is 9.59 Å². The summed E-state index contributed by atoms with van der Waals surface area (Å²) in [6.07, 6.45) is 9.84. The van der Waals surface area contributed by atoms with Crippen molar-refractivity contribution in [3.63, 3.8) is 0 Å². The average molecular weight is 471 g/mol. The summed E-state index contributed by atoms with van der Waals surface area (Å²) in [4.78, 5) is 25.7. The second-order valence-corrected chi connectivity index (χ2v) is 14.5. The Bertz CT molecular complexity index is 947. The number of aliphatic hydroxyl groups excluding tert-OH is 1. The van der Waals surface area contributed by atoms with Gasteiger partial charge in [-0.05, 0) is 109 Å². The van der Waals surface area contributed by atoms with Crippen LogP contribution in [0, 0.1) is 62.6 Å². The molecule has 4 fully saturated rings. The van der Waals surface area contributed by atoms with Crippen molar-refractivity contribution < 1.29 is 19.8 Å². The van der Waals surface area contributed by atoms with E-state index in [4.69, 9.17) is 0 Å². The highest BCUT2D eigenvalue weighted by atomic mass is 16.4. The van der Waals surface area contributed by atoms with E-state index in [1.807, 2.05) is 19.9 Å². The minimum absolute atomic E-state index is 0.0375. The quantitative estimate of drug-likeness (QED) is 0.454. The van der Waals surface area contributed by atoms with E-state index in [0.717, 1.165) is 51.4 Å². The number of hydrogen-bond donors (Lipinski definition) is 2. The number of Topliss-reactive ketones (excluding diaryl/α,β-unsaturated/α-hetero) is 1. The van der Waals surface area contributed by atoms with Gasteiger partial charge in [-0.2, -0.15) is 0 Å². The zero-order valence-electron chi connectivity index (χ0n) is 22.4. The van der Waals surface area contributed by atoms with Crippen molar-refractivity contribution >= 4 is 11.8 Å². The Morgan fingerprint density at radius 2 is 1.59 bits per heavy atom. The first-order valence-corrected chi connectivity index (χ1v) is 13.9. The van der Waals surface area contributed by atoms with Crippen molar-refractivity contribution in [2.45, 2.75) is 99.8 Å². The summed E-state index contributed by atoms with van der Waals surface area (Å²) < 4.78 is 0. The fourth-order valence-electron chi connectivity index (χ4n) is 11.2. The minimum Gasteiger partial charge on any atom is -0.505 e. The van der Waals surface area contributed by atoms with E-state index in [0.29, 0.717) is 23.7 Å². The van der Waals surface area contributed by atoms with Gasteiger partial charge in [0.2, 0.25) is 5.78 Å². The van der Waals surface area contributed by atoms with Gasteiger partial charge in [-0.1, -0.05) is 48.5 Å². The molecule has 0 saturated heterocycles. The summed E-state index contributed by atoms with van der Waals surface area (Å²) in [5.41, 5.74) is -1.15. The van der Waals surface area contributed by atoms with Crippen LogP contribution in [0.15, 0.2) is 11.8 Å². The number of allylic oxidation sites excluding steroid dienone is 2. The van der Waals surface area contributed by atoms with Crippen LogP contribution in [0.25, 0.3) is 0 Å².